The third-order valence-corrected chi connectivity index (χ3v) is 2.48. The van der Waals surface area contributed by atoms with E-state index in [1.807, 2.05) is 0 Å². The number of carbonyl (C=O) groups excluding carboxylic acids is 1. The molecule has 0 aromatic heterocycles. The van der Waals surface area contributed by atoms with Crippen LogP contribution in [0.1, 0.15) is 0 Å². The summed E-state index contributed by atoms with van der Waals surface area (Å²) in [6, 6.07) is 0. The van der Waals surface area contributed by atoms with Gasteiger partial charge in [-0.1, -0.05) is 0 Å². The van der Waals surface area contributed by atoms with Gasteiger partial charge >= 0.3 is 0 Å². The molecule has 0 aromatic rings. The predicted molar refractivity (Wildman–Crippen MR) is 52.5 cm³/mol. The molecule has 16 heavy (non-hydrogen) atoms. The van der Waals surface area contributed by atoms with Crippen LogP contribution in [0.5, 0.6) is 0 Å². The van der Waals surface area contributed by atoms with Crippen LogP contribution >= 0.6 is 0 Å². The molecule has 0 unspecified atom stereocenters. The summed E-state index contributed by atoms with van der Waals surface area (Å²) in [4.78, 5) is 13.0. The lowest BCUT2D eigenvalue weighted by molar-refractivity contribution is -0.156. The van der Waals surface area contributed by atoms with Crippen molar-refractivity contribution in [2.75, 3.05) is 32.9 Å². The smallest absolute Gasteiger partial charge is 0.254 e. The minimum Gasteiger partial charge on any atom is -0.394 e. The Bertz CT molecular complexity index is 230. The molecule has 0 aliphatic carbocycles. The van der Waals surface area contributed by atoms with E-state index < -0.39 is 30.8 Å². The number of morpholine rings is 1. The molecule has 7 heteroatoms. The first-order valence-electron chi connectivity index (χ1n) is 5.09. The van der Waals surface area contributed by atoms with Gasteiger partial charge in [-0.2, -0.15) is 0 Å². The number of nitrogens with zero attached hydrogens (tertiary/aromatic N) is 1. The van der Waals surface area contributed by atoms with Crippen molar-refractivity contribution in [3.8, 4) is 0 Å². The zero-order valence-corrected chi connectivity index (χ0v) is 8.82. The summed E-state index contributed by atoms with van der Waals surface area (Å²) in [5, 5.41) is 36.5. The molecule has 1 aliphatic rings. The Kier molecular flexibility index (Phi) is 5.10. The maximum atomic E-state index is 11.6. The molecule has 0 radical (unpaired) electrons. The lowest BCUT2D eigenvalue weighted by Gasteiger charge is -2.30. The van der Waals surface area contributed by atoms with Gasteiger partial charge in [-0.05, 0) is 0 Å². The maximum absolute atomic E-state index is 11.6. The number of rotatable bonds is 4. The summed E-state index contributed by atoms with van der Waals surface area (Å²) in [7, 11) is 0. The van der Waals surface area contributed by atoms with Crippen LogP contribution in [0, 0.1) is 0 Å². The SMILES string of the molecule is O=C([C@@H](O)[C@H](O)[C@H](O)CO)N1CCOCC1. The largest absolute Gasteiger partial charge is 0.394 e. The molecule has 94 valence electrons. The van der Waals surface area contributed by atoms with Crippen LogP contribution in [0.2, 0.25) is 0 Å². The number of aliphatic hydroxyl groups is 4. The molecule has 1 aliphatic heterocycles. The number of ether oxygens (including phenoxy) is 1. The van der Waals surface area contributed by atoms with E-state index in [9.17, 15) is 15.0 Å². The van der Waals surface area contributed by atoms with Crippen molar-refractivity contribution < 1.29 is 30.0 Å². The zero-order valence-electron chi connectivity index (χ0n) is 8.82. The minimum atomic E-state index is -1.72. The van der Waals surface area contributed by atoms with Crippen LogP contribution < -0.4 is 0 Å². The molecular weight excluding hydrogens is 218 g/mol. The summed E-state index contributed by atoms with van der Waals surface area (Å²) in [5.41, 5.74) is 0. The van der Waals surface area contributed by atoms with E-state index in [0.29, 0.717) is 26.3 Å². The monoisotopic (exact) mass is 235 g/mol. The van der Waals surface area contributed by atoms with Gasteiger partial charge < -0.3 is 30.1 Å². The van der Waals surface area contributed by atoms with Gasteiger partial charge in [-0.15, -0.1) is 0 Å². The van der Waals surface area contributed by atoms with Gasteiger partial charge in [0.15, 0.2) is 6.10 Å². The topological polar surface area (TPSA) is 110 Å². The van der Waals surface area contributed by atoms with Crippen LogP contribution in [0.15, 0.2) is 0 Å². The molecule has 7 nitrogen and oxygen atoms in total. The van der Waals surface area contributed by atoms with E-state index in [-0.39, 0.29) is 0 Å². The first-order valence-corrected chi connectivity index (χ1v) is 5.09. The Morgan fingerprint density at radius 3 is 2.31 bits per heavy atom. The summed E-state index contributed by atoms with van der Waals surface area (Å²) < 4.78 is 5.03. The second kappa shape index (κ2) is 6.12. The first-order chi connectivity index (χ1) is 7.57. The molecule has 3 atom stereocenters. The highest BCUT2D eigenvalue weighted by Gasteiger charge is 2.33. The van der Waals surface area contributed by atoms with Crippen molar-refractivity contribution in [3.05, 3.63) is 0 Å². The zero-order chi connectivity index (χ0) is 12.1. The van der Waals surface area contributed by atoms with Gasteiger partial charge in [-0.25, -0.2) is 0 Å². The summed E-state index contributed by atoms with van der Waals surface area (Å²) in [6.45, 7) is 0.749. The fourth-order valence-corrected chi connectivity index (χ4v) is 1.44. The second-order valence-electron chi connectivity index (χ2n) is 3.62. The van der Waals surface area contributed by atoms with Crippen molar-refractivity contribution in [1.82, 2.24) is 4.90 Å². The van der Waals surface area contributed by atoms with Crippen LogP contribution in [0.3, 0.4) is 0 Å². The highest BCUT2D eigenvalue weighted by Crippen LogP contribution is 2.06. The van der Waals surface area contributed by atoms with E-state index in [4.69, 9.17) is 14.9 Å². The molecule has 0 bridgehead atoms. The van der Waals surface area contributed by atoms with E-state index in [2.05, 4.69) is 0 Å². The summed E-state index contributed by atoms with van der Waals surface area (Å²) in [5.74, 6) is -0.664. The molecular formula is C9H17NO6. The minimum absolute atomic E-state index is 0.345. The molecule has 1 saturated heterocycles. The molecule has 0 aromatic carbocycles. The Balaban J connectivity index is 2.51. The molecule has 1 amide bonds. The van der Waals surface area contributed by atoms with Crippen LogP contribution in [0.25, 0.3) is 0 Å². The molecule has 4 N–H and O–H groups in total. The van der Waals surface area contributed by atoms with Crippen LogP contribution in [0.4, 0.5) is 0 Å². The Hall–Kier alpha value is -0.730. The van der Waals surface area contributed by atoms with Gasteiger partial charge in [0.2, 0.25) is 0 Å². The normalized spacial score (nSPS) is 22.6. The molecule has 0 saturated carbocycles. The number of carbonyl (C=O) groups is 1. The van der Waals surface area contributed by atoms with Gasteiger partial charge in [0, 0.05) is 13.1 Å². The van der Waals surface area contributed by atoms with Crippen molar-refractivity contribution in [2.24, 2.45) is 0 Å². The Morgan fingerprint density at radius 2 is 1.81 bits per heavy atom. The standard InChI is InChI=1S/C9H17NO6/c11-5-6(12)7(13)8(14)9(15)10-1-3-16-4-2-10/h6-8,11-14H,1-5H2/t6-,7-,8+/m1/s1. The third-order valence-electron chi connectivity index (χ3n) is 2.48. The summed E-state index contributed by atoms with van der Waals surface area (Å²) in [6.07, 6.45) is -4.93. The van der Waals surface area contributed by atoms with Crippen LogP contribution in [-0.4, -0.2) is 82.5 Å². The van der Waals surface area contributed by atoms with Gasteiger partial charge in [0.1, 0.15) is 12.2 Å². The van der Waals surface area contributed by atoms with E-state index in [0.717, 1.165) is 0 Å². The molecule has 1 heterocycles. The Morgan fingerprint density at radius 1 is 1.25 bits per heavy atom. The predicted octanol–water partition coefficient (Wildman–Crippen LogP) is -3.08. The van der Waals surface area contributed by atoms with Crippen molar-refractivity contribution >= 4 is 5.91 Å². The average molecular weight is 235 g/mol. The van der Waals surface area contributed by atoms with Crippen LogP contribution in [-0.2, 0) is 9.53 Å². The second-order valence-corrected chi connectivity index (χ2v) is 3.62. The van der Waals surface area contributed by atoms with E-state index >= 15 is 0 Å². The lowest BCUT2D eigenvalue weighted by atomic mass is 10.1. The number of hydrogen-bond acceptors (Lipinski definition) is 6. The fourth-order valence-electron chi connectivity index (χ4n) is 1.44. The van der Waals surface area contributed by atoms with Crippen molar-refractivity contribution in [1.29, 1.82) is 0 Å². The number of amides is 1. The average Bonchev–Trinajstić information content (AvgIpc) is 2.36. The maximum Gasteiger partial charge on any atom is 0.254 e. The first kappa shape index (κ1) is 13.3. The number of hydrogen-bond donors (Lipinski definition) is 4. The molecule has 1 rings (SSSR count). The van der Waals surface area contributed by atoms with Gasteiger partial charge in [0.05, 0.1) is 19.8 Å². The van der Waals surface area contributed by atoms with Gasteiger partial charge in [-0.3, -0.25) is 4.79 Å². The van der Waals surface area contributed by atoms with E-state index in [1.54, 1.807) is 0 Å². The van der Waals surface area contributed by atoms with Gasteiger partial charge in [0.25, 0.3) is 5.91 Å². The Labute approximate surface area is 92.9 Å². The van der Waals surface area contributed by atoms with Crippen molar-refractivity contribution in [2.45, 2.75) is 18.3 Å². The molecule has 0 spiro atoms. The quantitative estimate of drug-likeness (QED) is 0.411. The van der Waals surface area contributed by atoms with Crippen molar-refractivity contribution in [3.63, 3.8) is 0 Å². The lowest BCUT2D eigenvalue weighted by Crippen LogP contribution is -2.52. The summed E-state index contributed by atoms with van der Waals surface area (Å²) >= 11 is 0. The highest BCUT2D eigenvalue weighted by atomic mass is 16.5. The molecule has 1 fully saturated rings. The van der Waals surface area contributed by atoms with E-state index in [1.165, 1.54) is 4.90 Å². The highest BCUT2D eigenvalue weighted by molar-refractivity contribution is 5.81. The number of aliphatic hydroxyl groups excluding tert-OH is 4. The fraction of sp³-hybridized carbons (Fsp3) is 0.889. The third kappa shape index (κ3) is 3.13.